The third-order valence-corrected chi connectivity index (χ3v) is 4.59. The fraction of sp³-hybridized carbons (Fsp3) is 0.294. The highest BCUT2D eigenvalue weighted by Crippen LogP contribution is 2.29. The molecule has 0 radical (unpaired) electrons. The molecule has 0 spiro atoms. The number of Topliss-reactive ketones (excluding diaryl/α,β-unsaturated/α-hetero) is 1. The molecule has 0 bridgehead atoms. The maximum Gasteiger partial charge on any atom is 0.387 e. The van der Waals surface area contributed by atoms with Crippen molar-refractivity contribution in [3.63, 3.8) is 0 Å². The molecule has 0 aliphatic carbocycles. The van der Waals surface area contributed by atoms with Gasteiger partial charge in [-0.15, -0.1) is 0 Å². The summed E-state index contributed by atoms with van der Waals surface area (Å²) in [6, 6.07) is 2.63. The molecule has 0 N–H and O–H groups in total. The van der Waals surface area contributed by atoms with E-state index in [1.54, 1.807) is 0 Å². The topological polar surface area (TPSA) is 97.3 Å². The number of ketones is 1. The highest BCUT2D eigenvalue weighted by Gasteiger charge is 2.23. The van der Waals surface area contributed by atoms with E-state index in [-0.39, 0.29) is 16.4 Å². The number of fused-ring (bicyclic) bond motifs is 1. The summed E-state index contributed by atoms with van der Waals surface area (Å²) in [5.74, 6) is -2.06. The Morgan fingerprint density at radius 3 is 2.35 bits per heavy atom. The van der Waals surface area contributed by atoms with Crippen molar-refractivity contribution in [2.75, 3.05) is 0 Å². The second kappa shape index (κ2) is 8.41. The van der Waals surface area contributed by atoms with E-state index in [0.29, 0.717) is 6.07 Å². The second-order valence-electron chi connectivity index (χ2n) is 6.18. The standard InChI is InChI=1S/C17H13ClF4N4O5/c1-24-12-11(13(28)25(2)17(24)29)26(14(18)23-12)6-9(27)8-4-3-7(30-15(19)20)5-10(8)31-16(21)22/h3-5,15-16H,6H2,1-2H3. The maximum absolute atomic E-state index is 12.8. The van der Waals surface area contributed by atoms with Crippen LogP contribution < -0.4 is 20.7 Å². The molecule has 1 aromatic carbocycles. The first-order valence-corrected chi connectivity index (χ1v) is 8.77. The van der Waals surface area contributed by atoms with E-state index in [2.05, 4.69) is 14.5 Å². The number of alkyl halides is 4. The van der Waals surface area contributed by atoms with Crippen LogP contribution in [-0.2, 0) is 20.6 Å². The molecule has 0 amide bonds. The summed E-state index contributed by atoms with van der Waals surface area (Å²) in [6.07, 6.45) is 0. The van der Waals surface area contributed by atoms with Crippen LogP contribution in [0, 0.1) is 0 Å². The first-order valence-electron chi connectivity index (χ1n) is 8.39. The van der Waals surface area contributed by atoms with Crippen LogP contribution in [0.25, 0.3) is 11.2 Å². The van der Waals surface area contributed by atoms with E-state index >= 15 is 0 Å². The average molecular weight is 465 g/mol. The Morgan fingerprint density at radius 1 is 1.10 bits per heavy atom. The summed E-state index contributed by atoms with van der Waals surface area (Å²) in [5, 5.41) is -0.310. The van der Waals surface area contributed by atoms with Crippen LogP contribution in [0.15, 0.2) is 27.8 Å². The van der Waals surface area contributed by atoms with Gasteiger partial charge in [-0.25, -0.2) is 4.79 Å². The van der Waals surface area contributed by atoms with Gasteiger partial charge in [0.1, 0.15) is 11.5 Å². The van der Waals surface area contributed by atoms with Gasteiger partial charge in [-0.2, -0.15) is 22.5 Å². The van der Waals surface area contributed by atoms with Crippen LogP contribution in [0.5, 0.6) is 11.5 Å². The smallest absolute Gasteiger partial charge is 0.387 e. The molecule has 0 aliphatic heterocycles. The lowest BCUT2D eigenvalue weighted by Gasteiger charge is -2.13. The molecule has 0 atom stereocenters. The third-order valence-electron chi connectivity index (χ3n) is 4.30. The van der Waals surface area contributed by atoms with E-state index in [9.17, 15) is 31.9 Å². The zero-order valence-electron chi connectivity index (χ0n) is 15.8. The third kappa shape index (κ3) is 4.26. The second-order valence-corrected chi connectivity index (χ2v) is 6.52. The molecule has 31 heavy (non-hydrogen) atoms. The Morgan fingerprint density at radius 2 is 1.74 bits per heavy atom. The number of hydrogen-bond acceptors (Lipinski definition) is 6. The van der Waals surface area contributed by atoms with E-state index in [1.165, 1.54) is 14.1 Å². The number of aromatic nitrogens is 4. The van der Waals surface area contributed by atoms with Crippen molar-refractivity contribution < 1.29 is 31.8 Å². The van der Waals surface area contributed by atoms with E-state index in [0.717, 1.165) is 25.8 Å². The van der Waals surface area contributed by atoms with Gasteiger partial charge in [-0.1, -0.05) is 0 Å². The SMILES string of the molecule is Cn1c(=O)c2c(nc(Cl)n2CC(=O)c2ccc(OC(F)F)cc2OC(F)F)n(C)c1=O. The van der Waals surface area contributed by atoms with E-state index in [4.69, 9.17) is 11.6 Å². The van der Waals surface area contributed by atoms with Gasteiger partial charge in [0.05, 0.1) is 12.1 Å². The molecule has 9 nitrogen and oxygen atoms in total. The first kappa shape index (κ1) is 22.3. The van der Waals surface area contributed by atoms with Crippen LogP contribution >= 0.6 is 11.6 Å². The van der Waals surface area contributed by atoms with Crippen LogP contribution in [-0.4, -0.2) is 37.7 Å². The molecule has 0 fully saturated rings. The van der Waals surface area contributed by atoms with Crippen LogP contribution in [0.1, 0.15) is 10.4 Å². The van der Waals surface area contributed by atoms with E-state index < -0.39 is 53.9 Å². The zero-order chi connectivity index (χ0) is 23.0. The van der Waals surface area contributed by atoms with Crippen molar-refractivity contribution in [1.82, 2.24) is 18.7 Å². The summed E-state index contributed by atoms with van der Waals surface area (Å²) in [5.41, 5.74) is -2.11. The molecule has 2 aromatic heterocycles. The lowest BCUT2D eigenvalue weighted by molar-refractivity contribution is -0.0544. The van der Waals surface area contributed by atoms with Crippen molar-refractivity contribution in [3.8, 4) is 11.5 Å². The summed E-state index contributed by atoms with van der Waals surface area (Å²) in [4.78, 5) is 41.3. The molecule has 0 unspecified atom stereocenters. The summed E-state index contributed by atoms with van der Waals surface area (Å²) in [6.45, 7) is -7.22. The predicted molar refractivity (Wildman–Crippen MR) is 99.3 cm³/mol. The normalized spacial score (nSPS) is 11.5. The minimum atomic E-state index is -3.35. The molecular weight excluding hydrogens is 452 g/mol. The van der Waals surface area contributed by atoms with Gasteiger partial charge >= 0.3 is 18.9 Å². The Hall–Kier alpha value is -3.35. The van der Waals surface area contributed by atoms with E-state index in [1.807, 2.05) is 0 Å². The highest BCUT2D eigenvalue weighted by molar-refractivity contribution is 6.29. The van der Waals surface area contributed by atoms with Gasteiger partial charge in [0.25, 0.3) is 5.56 Å². The number of nitrogens with zero attached hydrogens (tertiary/aromatic N) is 4. The molecular formula is C17H13ClF4N4O5. The number of rotatable bonds is 7. The lowest BCUT2D eigenvalue weighted by Crippen LogP contribution is -2.37. The molecule has 3 aromatic rings. The molecule has 166 valence electrons. The zero-order valence-corrected chi connectivity index (χ0v) is 16.6. The fourth-order valence-electron chi connectivity index (χ4n) is 2.90. The van der Waals surface area contributed by atoms with Gasteiger partial charge in [-0.05, 0) is 23.7 Å². The minimum Gasteiger partial charge on any atom is -0.435 e. The largest absolute Gasteiger partial charge is 0.435 e. The van der Waals surface area contributed by atoms with Crippen molar-refractivity contribution in [2.24, 2.45) is 14.1 Å². The molecule has 14 heteroatoms. The molecule has 0 saturated carbocycles. The van der Waals surface area contributed by atoms with Crippen molar-refractivity contribution >= 4 is 28.5 Å². The molecule has 2 heterocycles. The highest BCUT2D eigenvalue weighted by atomic mass is 35.5. The number of benzene rings is 1. The lowest BCUT2D eigenvalue weighted by atomic mass is 10.1. The number of imidazole rings is 1. The van der Waals surface area contributed by atoms with Gasteiger partial charge in [0.2, 0.25) is 5.28 Å². The number of hydrogen-bond donors (Lipinski definition) is 0. The average Bonchev–Trinajstić information content (AvgIpc) is 3.00. The number of halogens is 5. The number of carbonyl (C=O) groups excluding carboxylic acids is 1. The quantitative estimate of drug-likeness (QED) is 0.302. The minimum absolute atomic E-state index is 0.0874. The number of aryl methyl sites for hydroxylation is 1. The van der Waals surface area contributed by atoms with Crippen molar-refractivity contribution in [1.29, 1.82) is 0 Å². The van der Waals surface area contributed by atoms with Crippen LogP contribution in [0.4, 0.5) is 17.6 Å². The van der Waals surface area contributed by atoms with Crippen molar-refractivity contribution in [2.45, 2.75) is 19.8 Å². The maximum atomic E-state index is 12.8. The van der Waals surface area contributed by atoms with Crippen LogP contribution in [0.3, 0.4) is 0 Å². The first-order chi connectivity index (χ1) is 14.5. The summed E-state index contributed by atoms with van der Waals surface area (Å²) in [7, 11) is 2.56. The Balaban J connectivity index is 2.08. The number of carbonyl (C=O) groups is 1. The predicted octanol–water partition coefficient (Wildman–Crippen LogP) is 2.17. The summed E-state index contributed by atoms with van der Waals surface area (Å²) < 4.78 is 61.5. The molecule has 3 rings (SSSR count). The Labute approximate surface area is 175 Å². The molecule has 0 saturated heterocycles. The fourth-order valence-corrected chi connectivity index (χ4v) is 3.12. The van der Waals surface area contributed by atoms with Crippen LogP contribution in [0.2, 0.25) is 5.28 Å². The number of ether oxygens (including phenoxy) is 2. The van der Waals surface area contributed by atoms with Gasteiger partial charge in [0.15, 0.2) is 16.9 Å². The molecule has 0 aliphatic rings. The monoisotopic (exact) mass is 464 g/mol. The van der Waals surface area contributed by atoms with Gasteiger partial charge < -0.3 is 14.0 Å². The Kier molecular flexibility index (Phi) is 6.06. The van der Waals surface area contributed by atoms with Crippen molar-refractivity contribution in [3.05, 3.63) is 49.9 Å². The Bertz CT molecular complexity index is 1280. The van der Waals surface area contributed by atoms with Gasteiger partial charge in [0, 0.05) is 20.2 Å². The van der Waals surface area contributed by atoms with Gasteiger partial charge in [-0.3, -0.25) is 18.7 Å². The summed E-state index contributed by atoms with van der Waals surface area (Å²) >= 11 is 6.04.